The smallest absolute Gasteiger partial charge is 0.120 e. The summed E-state index contributed by atoms with van der Waals surface area (Å²) in [5, 5.41) is 0. The monoisotopic (exact) mass is 233 g/mol. The first-order chi connectivity index (χ1) is 8.33. The molecule has 2 nitrogen and oxygen atoms in total. The van der Waals surface area contributed by atoms with E-state index in [4.69, 9.17) is 10.5 Å². The molecule has 1 aromatic rings. The standard InChI is InChI=1S/C15H23NO/c1-2-13-7-3-4-9-15(13)17-14-8-5-6-12(10-14)11-16/h5-6,8,10,13,15H,2-4,7,9,11,16H2,1H3. The van der Waals surface area contributed by atoms with Gasteiger partial charge in [-0.1, -0.05) is 25.5 Å². The lowest BCUT2D eigenvalue weighted by molar-refractivity contribution is 0.0903. The van der Waals surface area contributed by atoms with Gasteiger partial charge in [-0.05, 0) is 49.3 Å². The maximum atomic E-state index is 6.15. The van der Waals surface area contributed by atoms with Crippen molar-refractivity contribution in [2.24, 2.45) is 11.7 Å². The van der Waals surface area contributed by atoms with Gasteiger partial charge in [0.15, 0.2) is 0 Å². The Morgan fingerprint density at radius 2 is 2.12 bits per heavy atom. The van der Waals surface area contributed by atoms with Gasteiger partial charge in [0.05, 0.1) is 0 Å². The Hall–Kier alpha value is -1.02. The van der Waals surface area contributed by atoms with E-state index in [1.54, 1.807) is 0 Å². The highest BCUT2D eigenvalue weighted by Gasteiger charge is 2.25. The van der Waals surface area contributed by atoms with Crippen LogP contribution in [-0.2, 0) is 6.54 Å². The molecule has 1 aliphatic rings. The number of hydrogen-bond donors (Lipinski definition) is 1. The molecule has 1 aromatic carbocycles. The fraction of sp³-hybridized carbons (Fsp3) is 0.600. The van der Waals surface area contributed by atoms with Crippen LogP contribution >= 0.6 is 0 Å². The molecule has 2 rings (SSSR count). The van der Waals surface area contributed by atoms with E-state index in [9.17, 15) is 0 Å². The van der Waals surface area contributed by atoms with E-state index in [0.717, 1.165) is 17.2 Å². The van der Waals surface area contributed by atoms with Crippen LogP contribution < -0.4 is 10.5 Å². The summed E-state index contributed by atoms with van der Waals surface area (Å²) in [7, 11) is 0. The Labute approximate surface area is 104 Å². The highest BCUT2D eigenvalue weighted by atomic mass is 16.5. The number of ether oxygens (including phenoxy) is 1. The average Bonchev–Trinajstić information content (AvgIpc) is 2.39. The lowest BCUT2D eigenvalue weighted by Gasteiger charge is -2.31. The van der Waals surface area contributed by atoms with Crippen molar-refractivity contribution < 1.29 is 4.74 Å². The zero-order chi connectivity index (χ0) is 12.1. The van der Waals surface area contributed by atoms with E-state index >= 15 is 0 Å². The van der Waals surface area contributed by atoms with Crippen molar-refractivity contribution >= 4 is 0 Å². The zero-order valence-corrected chi connectivity index (χ0v) is 10.7. The summed E-state index contributed by atoms with van der Waals surface area (Å²) in [6.07, 6.45) is 6.81. The van der Waals surface area contributed by atoms with Crippen molar-refractivity contribution in [3.63, 3.8) is 0 Å². The molecule has 94 valence electrons. The SMILES string of the molecule is CCC1CCCCC1Oc1cccc(CN)c1. The van der Waals surface area contributed by atoms with Crippen molar-refractivity contribution in [3.8, 4) is 5.75 Å². The lowest BCUT2D eigenvalue weighted by atomic mass is 9.85. The fourth-order valence-corrected chi connectivity index (χ4v) is 2.72. The normalized spacial score (nSPS) is 24.6. The molecule has 0 radical (unpaired) electrons. The molecule has 0 spiro atoms. The molecule has 2 unspecified atom stereocenters. The minimum absolute atomic E-state index is 0.404. The molecule has 0 heterocycles. The number of rotatable bonds is 4. The van der Waals surface area contributed by atoms with Crippen LogP contribution in [0.2, 0.25) is 0 Å². The lowest BCUT2D eigenvalue weighted by Crippen LogP contribution is -2.29. The van der Waals surface area contributed by atoms with Crippen LogP contribution in [0.25, 0.3) is 0 Å². The second-order valence-electron chi connectivity index (χ2n) is 4.96. The largest absolute Gasteiger partial charge is 0.490 e. The molecule has 2 atom stereocenters. The molecule has 2 heteroatoms. The van der Waals surface area contributed by atoms with Crippen LogP contribution in [0.4, 0.5) is 0 Å². The van der Waals surface area contributed by atoms with Gasteiger partial charge in [-0.2, -0.15) is 0 Å². The van der Waals surface area contributed by atoms with E-state index in [-0.39, 0.29) is 0 Å². The molecule has 2 N–H and O–H groups in total. The van der Waals surface area contributed by atoms with E-state index in [2.05, 4.69) is 13.0 Å². The first-order valence-corrected chi connectivity index (χ1v) is 6.79. The van der Waals surface area contributed by atoms with Gasteiger partial charge in [-0.3, -0.25) is 0 Å². The van der Waals surface area contributed by atoms with Crippen LogP contribution in [0.15, 0.2) is 24.3 Å². The molecule has 0 aromatic heterocycles. The summed E-state index contributed by atoms with van der Waals surface area (Å²) in [5.74, 6) is 1.71. The summed E-state index contributed by atoms with van der Waals surface area (Å²) in [4.78, 5) is 0. The molecular formula is C15H23NO. The fourth-order valence-electron chi connectivity index (χ4n) is 2.72. The van der Waals surface area contributed by atoms with Crippen LogP contribution in [0, 0.1) is 5.92 Å². The Kier molecular flexibility index (Phi) is 4.43. The Morgan fingerprint density at radius 1 is 1.29 bits per heavy atom. The number of nitrogens with two attached hydrogens (primary N) is 1. The van der Waals surface area contributed by atoms with Gasteiger partial charge in [0, 0.05) is 6.54 Å². The predicted octanol–water partition coefficient (Wildman–Crippen LogP) is 3.49. The van der Waals surface area contributed by atoms with Gasteiger partial charge in [0.1, 0.15) is 11.9 Å². The van der Waals surface area contributed by atoms with Crippen LogP contribution in [-0.4, -0.2) is 6.10 Å². The first-order valence-electron chi connectivity index (χ1n) is 6.79. The van der Waals surface area contributed by atoms with Gasteiger partial charge in [0.2, 0.25) is 0 Å². The summed E-state index contributed by atoms with van der Waals surface area (Å²) in [6, 6.07) is 8.19. The molecule has 1 saturated carbocycles. The Balaban J connectivity index is 2.02. The topological polar surface area (TPSA) is 35.2 Å². The molecule has 1 fully saturated rings. The minimum atomic E-state index is 0.404. The zero-order valence-electron chi connectivity index (χ0n) is 10.7. The van der Waals surface area contributed by atoms with Gasteiger partial charge in [0.25, 0.3) is 0 Å². The third kappa shape index (κ3) is 3.22. The molecular weight excluding hydrogens is 210 g/mol. The Bertz CT molecular complexity index is 351. The second-order valence-corrected chi connectivity index (χ2v) is 4.96. The number of hydrogen-bond acceptors (Lipinski definition) is 2. The summed E-state index contributed by atoms with van der Waals surface area (Å²) in [5.41, 5.74) is 6.79. The molecule has 0 saturated heterocycles. The van der Waals surface area contributed by atoms with Crippen molar-refractivity contribution in [2.45, 2.75) is 51.7 Å². The van der Waals surface area contributed by atoms with Crippen molar-refractivity contribution in [2.75, 3.05) is 0 Å². The van der Waals surface area contributed by atoms with Crippen molar-refractivity contribution in [1.82, 2.24) is 0 Å². The molecule has 17 heavy (non-hydrogen) atoms. The van der Waals surface area contributed by atoms with Crippen LogP contribution in [0.5, 0.6) is 5.75 Å². The molecule has 1 aliphatic carbocycles. The number of benzene rings is 1. The maximum Gasteiger partial charge on any atom is 0.120 e. The third-order valence-electron chi connectivity index (χ3n) is 3.79. The summed E-state index contributed by atoms with van der Waals surface area (Å²) >= 11 is 0. The van der Waals surface area contributed by atoms with Crippen LogP contribution in [0.3, 0.4) is 0 Å². The summed E-state index contributed by atoms with van der Waals surface area (Å²) < 4.78 is 6.15. The van der Waals surface area contributed by atoms with Gasteiger partial charge in [-0.25, -0.2) is 0 Å². The minimum Gasteiger partial charge on any atom is -0.490 e. The van der Waals surface area contributed by atoms with Crippen molar-refractivity contribution in [1.29, 1.82) is 0 Å². The average molecular weight is 233 g/mol. The molecule has 0 bridgehead atoms. The highest BCUT2D eigenvalue weighted by molar-refractivity contribution is 5.28. The Morgan fingerprint density at radius 3 is 2.88 bits per heavy atom. The van der Waals surface area contributed by atoms with E-state index in [1.807, 2.05) is 18.2 Å². The molecule has 0 amide bonds. The van der Waals surface area contributed by atoms with E-state index in [0.29, 0.717) is 12.6 Å². The molecule has 0 aliphatic heterocycles. The van der Waals surface area contributed by atoms with Crippen LogP contribution in [0.1, 0.15) is 44.6 Å². The summed E-state index contributed by atoms with van der Waals surface area (Å²) in [6.45, 7) is 2.85. The van der Waals surface area contributed by atoms with E-state index < -0.39 is 0 Å². The van der Waals surface area contributed by atoms with Gasteiger partial charge in [-0.15, -0.1) is 0 Å². The third-order valence-corrected chi connectivity index (χ3v) is 3.79. The first kappa shape index (κ1) is 12.4. The highest BCUT2D eigenvalue weighted by Crippen LogP contribution is 2.30. The van der Waals surface area contributed by atoms with Gasteiger partial charge >= 0.3 is 0 Å². The van der Waals surface area contributed by atoms with Crippen molar-refractivity contribution in [3.05, 3.63) is 29.8 Å². The maximum absolute atomic E-state index is 6.15. The van der Waals surface area contributed by atoms with Gasteiger partial charge < -0.3 is 10.5 Å². The predicted molar refractivity (Wildman–Crippen MR) is 71.0 cm³/mol. The second kappa shape index (κ2) is 6.06. The quantitative estimate of drug-likeness (QED) is 0.864. The van der Waals surface area contributed by atoms with E-state index in [1.165, 1.54) is 32.1 Å².